The van der Waals surface area contributed by atoms with Gasteiger partial charge in [-0.1, -0.05) is 13.8 Å². The Bertz CT molecular complexity index is 527. The molecule has 4 nitrogen and oxygen atoms in total. The second-order valence-corrected chi connectivity index (χ2v) is 6.69. The number of hydrogen-bond acceptors (Lipinski definition) is 3. The van der Waals surface area contributed by atoms with Crippen LogP contribution >= 0.6 is 0 Å². The standard InChI is InChI=1S/C17H27N3O/c1-11-8-12(2)13(3)20(10-11)17(21)15-9-14(18)6-7-16(15)19(4)5/h6-7,9,11-13H,8,10,18H2,1-5H3. The molecule has 1 amide bonds. The van der Waals surface area contributed by atoms with E-state index in [2.05, 4.69) is 20.8 Å². The topological polar surface area (TPSA) is 49.6 Å². The van der Waals surface area contributed by atoms with E-state index in [9.17, 15) is 4.79 Å². The molecule has 0 radical (unpaired) electrons. The average molecular weight is 289 g/mol. The fraction of sp³-hybridized carbons (Fsp3) is 0.588. The van der Waals surface area contributed by atoms with Crippen LogP contribution in [0.2, 0.25) is 0 Å². The van der Waals surface area contributed by atoms with E-state index in [0.717, 1.165) is 12.2 Å². The van der Waals surface area contributed by atoms with Crippen LogP contribution in [0.25, 0.3) is 0 Å². The van der Waals surface area contributed by atoms with Crippen LogP contribution < -0.4 is 10.6 Å². The predicted octanol–water partition coefficient (Wildman–Crippen LogP) is 2.84. The molecule has 0 aromatic heterocycles. The lowest BCUT2D eigenvalue weighted by atomic mass is 9.85. The highest BCUT2D eigenvalue weighted by molar-refractivity contribution is 6.01. The van der Waals surface area contributed by atoms with Gasteiger partial charge in [-0.25, -0.2) is 0 Å². The van der Waals surface area contributed by atoms with Crippen LogP contribution in [0.15, 0.2) is 18.2 Å². The van der Waals surface area contributed by atoms with Crippen LogP contribution in [0.1, 0.15) is 37.6 Å². The van der Waals surface area contributed by atoms with Crippen molar-refractivity contribution in [3.63, 3.8) is 0 Å². The average Bonchev–Trinajstić information content (AvgIpc) is 2.41. The van der Waals surface area contributed by atoms with E-state index >= 15 is 0 Å². The molecule has 2 N–H and O–H groups in total. The van der Waals surface area contributed by atoms with Gasteiger partial charge in [-0.3, -0.25) is 4.79 Å². The molecule has 1 heterocycles. The lowest BCUT2D eigenvalue weighted by Crippen LogP contribution is -2.49. The molecule has 1 aliphatic rings. The van der Waals surface area contributed by atoms with Gasteiger partial charge in [-0.15, -0.1) is 0 Å². The highest BCUT2D eigenvalue weighted by atomic mass is 16.2. The maximum atomic E-state index is 13.0. The summed E-state index contributed by atoms with van der Waals surface area (Å²) in [6.45, 7) is 7.42. The number of nitrogen functional groups attached to an aromatic ring is 1. The van der Waals surface area contributed by atoms with Crippen LogP contribution in [0.4, 0.5) is 11.4 Å². The highest BCUT2D eigenvalue weighted by Crippen LogP contribution is 2.30. The molecule has 1 fully saturated rings. The quantitative estimate of drug-likeness (QED) is 0.852. The zero-order valence-electron chi connectivity index (χ0n) is 13.8. The third-order valence-electron chi connectivity index (χ3n) is 4.59. The van der Waals surface area contributed by atoms with E-state index in [1.807, 2.05) is 36.0 Å². The first-order chi connectivity index (χ1) is 9.81. The zero-order chi connectivity index (χ0) is 15.7. The maximum absolute atomic E-state index is 13.0. The molecule has 1 aromatic rings. The Hall–Kier alpha value is -1.71. The van der Waals surface area contributed by atoms with Gasteiger partial charge in [0.15, 0.2) is 0 Å². The van der Waals surface area contributed by atoms with Gasteiger partial charge in [-0.05, 0) is 43.4 Å². The monoisotopic (exact) mass is 289 g/mol. The summed E-state index contributed by atoms with van der Waals surface area (Å²) in [5.74, 6) is 1.17. The number of nitrogens with zero attached hydrogens (tertiary/aromatic N) is 2. The molecule has 21 heavy (non-hydrogen) atoms. The first kappa shape index (κ1) is 15.7. The molecule has 1 saturated heterocycles. The van der Waals surface area contributed by atoms with Crippen molar-refractivity contribution in [1.29, 1.82) is 0 Å². The van der Waals surface area contributed by atoms with Crippen molar-refractivity contribution < 1.29 is 4.79 Å². The minimum absolute atomic E-state index is 0.0944. The molecule has 1 aliphatic heterocycles. The van der Waals surface area contributed by atoms with Gasteiger partial charge in [0.05, 0.1) is 5.56 Å². The van der Waals surface area contributed by atoms with E-state index in [1.165, 1.54) is 6.42 Å². The van der Waals surface area contributed by atoms with Gasteiger partial charge < -0.3 is 15.5 Å². The SMILES string of the molecule is CC1CC(C)C(C)N(C(=O)c2cc(N)ccc2N(C)C)C1. The Morgan fingerprint density at radius 3 is 2.57 bits per heavy atom. The zero-order valence-corrected chi connectivity index (χ0v) is 13.8. The number of benzene rings is 1. The van der Waals surface area contributed by atoms with Crippen LogP contribution in [0, 0.1) is 11.8 Å². The number of hydrogen-bond donors (Lipinski definition) is 1. The normalized spacial score (nSPS) is 25.8. The number of likely N-dealkylation sites (tertiary alicyclic amines) is 1. The highest BCUT2D eigenvalue weighted by Gasteiger charge is 2.33. The fourth-order valence-corrected chi connectivity index (χ4v) is 3.25. The van der Waals surface area contributed by atoms with Crippen LogP contribution in [-0.4, -0.2) is 37.5 Å². The molecule has 3 atom stereocenters. The van der Waals surface area contributed by atoms with Gasteiger partial charge in [0.2, 0.25) is 0 Å². The summed E-state index contributed by atoms with van der Waals surface area (Å²) in [6.07, 6.45) is 1.18. The van der Waals surface area contributed by atoms with Gasteiger partial charge in [-0.2, -0.15) is 0 Å². The number of carbonyl (C=O) groups is 1. The largest absolute Gasteiger partial charge is 0.399 e. The smallest absolute Gasteiger partial charge is 0.256 e. The molecule has 4 heteroatoms. The van der Waals surface area contributed by atoms with Crippen LogP contribution in [0.5, 0.6) is 0 Å². The summed E-state index contributed by atoms with van der Waals surface area (Å²) in [7, 11) is 3.90. The minimum atomic E-state index is 0.0944. The fourth-order valence-electron chi connectivity index (χ4n) is 3.25. The summed E-state index contributed by atoms with van der Waals surface area (Å²) >= 11 is 0. The van der Waals surface area contributed by atoms with Gasteiger partial charge in [0.25, 0.3) is 5.91 Å². The van der Waals surface area contributed by atoms with Crippen LogP contribution in [0.3, 0.4) is 0 Å². The van der Waals surface area contributed by atoms with Crippen LogP contribution in [-0.2, 0) is 0 Å². The van der Waals surface area contributed by atoms with Crippen molar-refractivity contribution in [3.8, 4) is 0 Å². The molecule has 0 saturated carbocycles. The number of anilines is 2. The lowest BCUT2D eigenvalue weighted by Gasteiger charge is -2.41. The molecule has 0 bridgehead atoms. The Morgan fingerprint density at radius 2 is 1.95 bits per heavy atom. The van der Waals surface area contributed by atoms with E-state index in [-0.39, 0.29) is 11.9 Å². The van der Waals surface area contributed by atoms with Crippen molar-refractivity contribution in [2.24, 2.45) is 11.8 Å². The number of nitrogens with two attached hydrogens (primary N) is 1. The van der Waals surface area contributed by atoms with E-state index in [1.54, 1.807) is 6.07 Å². The van der Waals surface area contributed by atoms with Crippen molar-refractivity contribution in [1.82, 2.24) is 4.90 Å². The molecule has 116 valence electrons. The molecular weight excluding hydrogens is 262 g/mol. The van der Waals surface area contributed by atoms with Gasteiger partial charge >= 0.3 is 0 Å². The minimum Gasteiger partial charge on any atom is -0.399 e. The lowest BCUT2D eigenvalue weighted by molar-refractivity contribution is 0.0456. The predicted molar refractivity (Wildman–Crippen MR) is 88.6 cm³/mol. The Morgan fingerprint density at radius 1 is 1.29 bits per heavy atom. The summed E-state index contributed by atoms with van der Waals surface area (Å²) in [6, 6.07) is 5.83. The number of amides is 1. The molecule has 3 unspecified atom stereocenters. The van der Waals surface area contributed by atoms with Crippen molar-refractivity contribution >= 4 is 17.3 Å². The summed E-state index contributed by atoms with van der Waals surface area (Å²) in [4.78, 5) is 17.0. The second kappa shape index (κ2) is 5.96. The molecule has 2 rings (SSSR count). The third kappa shape index (κ3) is 3.14. The van der Waals surface area contributed by atoms with Gasteiger partial charge in [0.1, 0.15) is 0 Å². The summed E-state index contributed by atoms with van der Waals surface area (Å²) < 4.78 is 0. The molecular formula is C17H27N3O. The third-order valence-corrected chi connectivity index (χ3v) is 4.59. The maximum Gasteiger partial charge on any atom is 0.256 e. The Labute approximate surface area is 127 Å². The Kier molecular flexibility index (Phi) is 4.45. The Balaban J connectivity index is 2.37. The van der Waals surface area contributed by atoms with Crippen molar-refractivity contribution in [2.75, 3.05) is 31.3 Å². The van der Waals surface area contributed by atoms with Crippen molar-refractivity contribution in [3.05, 3.63) is 23.8 Å². The van der Waals surface area contributed by atoms with E-state index in [4.69, 9.17) is 5.73 Å². The number of piperidine rings is 1. The van der Waals surface area contributed by atoms with E-state index in [0.29, 0.717) is 23.1 Å². The second-order valence-electron chi connectivity index (χ2n) is 6.69. The van der Waals surface area contributed by atoms with Crippen molar-refractivity contribution in [2.45, 2.75) is 33.2 Å². The first-order valence-corrected chi connectivity index (χ1v) is 7.69. The number of rotatable bonds is 2. The van der Waals surface area contributed by atoms with E-state index < -0.39 is 0 Å². The number of carbonyl (C=O) groups excluding carboxylic acids is 1. The summed E-state index contributed by atoms with van der Waals surface area (Å²) in [5.41, 5.74) is 8.15. The summed E-state index contributed by atoms with van der Waals surface area (Å²) in [5, 5.41) is 0. The molecule has 1 aromatic carbocycles. The molecule has 0 spiro atoms. The van der Waals surface area contributed by atoms with Gasteiger partial charge in [0, 0.05) is 38.1 Å². The molecule has 0 aliphatic carbocycles. The first-order valence-electron chi connectivity index (χ1n) is 7.69.